The lowest BCUT2D eigenvalue weighted by atomic mass is 10.2. The lowest BCUT2D eigenvalue weighted by molar-refractivity contribution is 0.521. The summed E-state index contributed by atoms with van der Waals surface area (Å²) in [6.45, 7) is 4.08. The molecule has 0 fully saturated rings. The molecule has 1 aromatic heterocycles. The van der Waals surface area contributed by atoms with Gasteiger partial charge in [0.1, 0.15) is 5.00 Å². The molecule has 18 heavy (non-hydrogen) atoms. The lowest BCUT2D eigenvalue weighted by Crippen LogP contribution is -2.30. The molecule has 1 rings (SSSR count). The molecule has 0 saturated carbocycles. The second-order valence-corrected chi connectivity index (χ2v) is 7.20. The zero-order chi connectivity index (χ0) is 14.1. The largest absolute Gasteiger partial charge is 0.382 e. The maximum Gasteiger partial charge on any atom is 0.249 e. The molecule has 8 heteroatoms. The second kappa shape index (κ2) is 5.41. The van der Waals surface area contributed by atoms with Crippen molar-refractivity contribution < 1.29 is 8.42 Å². The van der Waals surface area contributed by atoms with E-state index in [-0.39, 0.29) is 16.8 Å². The molecule has 0 aliphatic carbocycles. The number of rotatable bonds is 5. The number of nitrogens with two attached hydrogens (primary N) is 1. The van der Waals surface area contributed by atoms with E-state index in [2.05, 4.69) is 4.37 Å². The van der Waals surface area contributed by atoms with Gasteiger partial charge in [-0.15, -0.1) is 0 Å². The summed E-state index contributed by atoms with van der Waals surface area (Å²) < 4.78 is 29.6. The Balaban J connectivity index is 3.34. The van der Waals surface area contributed by atoms with Crippen molar-refractivity contribution in [3.63, 3.8) is 0 Å². The molecule has 0 aromatic carbocycles. The van der Waals surface area contributed by atoms with Crippen LogP contribution in [0.3, 0.4) is 0 Å². The monoisotopic (exact) mass is 292 g/mol. The minimum Gasteiger partial charge on any atom is -0.382 e. The van der Waals surface area contributed by atoms with Crippen molar-refractivity contribution in [1.82, 2.24) is 8.68 Å². The fourth-order valence-electron chi connectivity index (χ4n) is 1.41. The van der Waals surface area contributed by atoms with Crippen LogP contribution in [0.1, 0.15) is 20.3 Å². The third kappa shape index (κ3) is 2.60. The number of hydrogen-bond acceptors (Lipinski definition) is 6. The van der Waals surface area contributed by atoms with E-state index >= 15 is 0 Å². The van der Waals surface area contributed by atoms with Crippen LogP contribution >= 0.6 is 11.5 Å². The summed E-state index contributed by atoms with van der Waals surface area (Å²) in [4.78, 5) is 2.02. The smallest absolute Gasteiger partial charge is 0.249 e. The van der Waals surface area contributed by atoms with Gasteiger partial charge in [-0.3, -0.25) is 0 Å². The number of nitrogens with zero attached hydrogens (tertiary/aromatic N) is 3. The molecule has 2 N–H and O–H groups in total. The van der Waals surface area contributed by atoms with E-state index in [1.807, 2.05) is 25.8 Å². The van der Waals surface area contributed by atoms with E-state index in [0.717, 1.165) is 22.3 Å². The average molecular weight is 292 g/mol. The Hall–Kier alpha value is -0.860. The third-order valence-electron chi connectivity index (χ3n) is 2.97. The van der Waals surface area contributed by atoms with Gasteiger partial charge in [0.05, 0.1) is 0 Å². The van der Waals surface area contributed by atoms with Crippen LogP contribution in [0.2, 0.25) is 0 Å². The van der Waals surface area contributed by atoms with Crippen molar-refractivity contribution >= 4 is 32.4 Å². The molecule has 1 unspecified atom stereocenters. The predicted molar refractivity (Wildman–Crippen MR) is 75.6 cm³/mol. The number of aromatic nitrogens is 1. The van der Waals surface area contributed by atoms with Crippen molar-refractivity contribution in [2.24, 2.45) is 0 Å². The number of nitrogen functional groups attached to an aromatic ring is 1. The van der Waals surface area contributed by atoms with Crippen LogP contribution in [0.25, 0.3) is 0 Å². The standard InChI is InChI=1S/C10H20N4O2S2/c1-6-7(2)14(5)10-8(9(11)12-17-10)18(15,16)13(3)4/h7H,6H2,1-5H3,(H2,11,12). The summed E-state index contributed by atoms with van der Waals surface area (Å²) in [5, 5.41) is 0.593. The first-order valence-corrected chi connectivity index (χ1v) is 7.85. The van der Waals surface area contributed by atoms with Crippen molar-refractivity contribution in [2.45, 2.75) is 31.2 Å². The molecule has 0 amide bonds. The van der Waals surface area contributed by atoms with Crippen molar-refractivity contribution in [3.05, 3.63) is 0 Å². The van der Waals surface area contributed by atoms with E-state index in [9.17, 15) is 8.42 Å². The van der Waals surface area contributed by atoms with Crippen LogP contribution in [0, 0.1) is 0 Å². The van der Waals surface area contributed by atoms with E-state index in [1.54, 1.807) is 0 Å². The maximum atomic E-state index is 12.2. The van der Waals surface area contributed by atoms with Gasteiger partial charge in [-0.1, -0.05) is 6.92 Å². The number of hydrogen-bond donors (Lipinski definition) is 1. The van der Waals surface area contributed by atoms with Gasteiger partial charge in [-0.25, -0.2) is 12.7 Å². The summed E-state index contributed by atoms with van der Waals surface area (Å²) in [5.74, 6) is 0.0684. The minimum atomic E-state index is -3.57. The van der Waals surface area contributed by atoms with Crippen molar-refractivity contribution in [3.8, 4) is 0 Å². The predicted octanol–water partition coefficient (Wildman–Crippen LogP) is 1.21. The lowest BCUT2D eigenvalue weighted by Gasteiger charge is -2.25. The molecule has 1 heterocycles. The van der Waals surface area contributed by atoms with Crippen LogP contribution in [-0.2, 0) is 10.0 Å². The highest BCUT2D eigenvalue weighted by molar-refractivity contribution is 7.89. The van der Waals surface area contributed by atoms with Gasteiger partial charge in [0, 0.05) is 27.2 Å². The Morgan fingerprint density at radius 2 is 1.94 bits per heavy atom. The fraction of sp³-hybridized carbons (Fsp3) is 0.700. The van der Waals surface area contributed by atoms with E-state index in [1.165, 1.54) is 14.1 Å². The first kappa shape index (κ1) is 15.2. The molecule has 0 saturated heterocycles. The highest BCUT2D eigenvalue weighted by atomic mass is 32.2. The van der Waals surface area contributed by atoms with E-state index in [4.69, 9.17) is 5.73 Å². The van der Waals surface area contributed by atoms with Gasteiger partial charge in [0.2, 0.25) is 10.0 Å². The maximum absolute atomic E-state index is 12.2. The Kier molecular flexibility index (Phi) is 4.57. The van der Waals surface area contributed by atoms with Gasteiger partial charge in [0.25, 0.3) is 0 Å². The highest BCUT2D eigenvalue weighted by Crippen LogP contribution is 2.36. The molecule has 0 aliphatic heterocycles. The molecule has 1 atom stereocenters. The molecule has 0 aliphatic rings. The molecule has 0 radical (unpaired) electrons. The summed E-state index contributed by atoms with van der Waals surface area (Å²) in [5.41, 5.74) is 5.71. The van der Waals surface area contributed by atoms with E-state index < -0.39 is 10.0 Å². The Morgan fingerprint density at radius 3 is 2.39 bits per heavy atom. The zero-order valence-corrected chi connectivity index (χ0v) is 13.0. The molecule has 1 aromatic rings. The first-order chi connectivity index (χ1) is 8.23. The van der Waals surface area contributed by atoms with Crippen LogP contribution in [0.15, 0.2) is 4.90 Å². The topological polar surface area (TPSA) is 79.5 Å². The second-order valence-electron chi connectivity index (χ2n) is 4.36. The van der Waals surface area contributed by atoms with Gasteiger partial charge in [0.15, 0.2) is 10.7 Å². The van der Waals surface area contributed by atoms with E-state index in [0.29, 0.717) is 5.00 Å². The van der Waals surface area contributed by atoms with Gasteiger partial charge >= 0.3 is 0 Å². The van der Waals surface area contributed by atoms with Crippen LogP contribution in [0.4, 0.5) is 10.8 Å². The van der Waals surface area contributed by atoms with Crippen LogP contribution < -0.4 is 10.6 Å². The molecule has 104 valence electrons. The Bertz CT molecular complexity index is 510. The number of sulfonamides is 1. The molecular weight excluding hydrogens is 272 g/mol. The Labute approximate surface area is 113 Å². The molecule has 0 spiro atoms. The highest BCUT2D eigenvalue weighted by Gasteiger charge is 2.30. The normalized spacial score (nSPS) is 13.9. The van der Waals surface area contributed by atoms with Gasteiger partial charge < -0.3 is 10.6 Å². The third-order valence-corrected chi connectivity index (χ3v) is 5.93. The van der Waals surface area contributed by atoms with Crippen LogP contribution in [0.5, 0.6) is 0 Å². The molecular formula is C10H20N4O2S2. The fourth-order valence-corrected chi connectivity index (χ4v) is 3.71. The zero-order valence-electron chi connectivity index (χ0n) is 11.3. The molecule has 0 bridgehead atoms. The quantitative estimate of drug-likeness (QED) is 0.882. The van der Waals surface area contributed by atoms with Gasteiger partial charge in [-0.2, -0.15) is 4.37 Å². The summed E-state index contributed by atoms with van der Waals surface area (Å²) >= 11 is 1.12. The SMILES string of the molecule is CCC(C)N(C)c1snc(N)c1S(=O)(=O)N(C)C. The molecule has 6 nitrogen and oxygen atoms in total. The summed E-state index contributed by atoms with van der Waals surface area (Å²) in [6, 6.07) is 0.223. The first-order valence-electron chi connectivity index (χ1n) is 5.64. The van der Waals surface area contributed by atoms with Crippen LogP contribution in [-0.4, -0.2) is 44.3 Å². The van der Waals surface area contributed by atoms with Crippen molar-refractivity contribution in [1.29, 1.82) is 0 Å². The average Bonchev–Trinajstić information content (AvgIpc) is 2.69. The Morgan fingerprint density at radius 1 is 1.39 bits per heavy atom. The number of anilines is 2. The van der Waals surface area contributed by atoms with Gasteiger partial charge in [-0.05, 0) is 24.9 Å². The summed E-state index contributed by atoms with van der Waals surface area (Å²) in [7, 11) is 1.26. The minimum absolute atomic E-state index is 0.0684. The van der Waals surface area contributed by atoms with Crippen molar-refractivity contribution in [2.75, 3.05) is 31.8 Å². The summed E-state index contributed by atoms with van der Waals surface area (Å²) in [6.07, 6.45) is 0.912.